The van der Waals surface area contributed by atoms with Gasteiger partial charge in [0, 0.05) is 7.05 Å². The molecule has 0 aliphatic heterocycles. The fraction of sp³-hybridized carbons (Fsp3) is 0.211. The summed E-state index contributed by atoms with van der Waals surface area (Å²) in [5, 5.41) is 3.50. The molecule has 3 rings (SSSR count). The minimum atomic E-state index is -0.343. The van der Waals surface area contributed by atoms with Crippen LogP contribution < -0.4 is 10.1 Å². The molecule has 1 N–H and O–H groups in total. The van der Waals surface area contributed by atoms with Crippen molar-refractivity contribution >= 4 is 33.4 Å². The molecule has 0 fully saturated rings. The molecule has 0 aliphatic rings. The SMILES string of the molecule is COc1ccccc1C(=O)NCC(=O)N(C)Cc1nc2ccccc2s1. The van der Waals surface area contributed by atoms with E-state index in [0.717, 1.165) is 15.2 Å². The minimum Gasteiger partial charge on any atom is -0.496 e. The van der Waals surface area contributed by atoms with Crippen LogP contribution in [0, 0.1) is 0 Å². The molecule has 1 aromatic heterocycles. The van der Waals surface area contributed by atoms with Crippen LogP contribution in [0.4, 0.5) is 0 Å². The zero-order valence-corrected chi connectivity index (χ0v) is 15.4. The van der Waals surface area contributed by atoms with E-state index in [1.54, 1.807) is 47.5 Å². The highest BCUT2D eigenvalue weighted by molar-refractivity contribution is 7.18. The second-order valence-corrected chi connectivity index (χ2v) is 6.82. The number of para-hydroxylation sites is 2. The molecule has 0 saturated carbocycles. The predicted molar refractivity (Wildman–Crippen MR) is 101 cm³/mol. The molecule has 0 radical (unpaired) electrons. The summed E-state index contributed by atoms with van der Waals surface area (Å²) in [5.41, 5.74) is 1.33. The number of ether oxygens (including phenoxy) is 1. The van der Waals surface area contributed by atoms with E-state index < -0.39 is 0 Å². The molecule has 0 spiro atoms. The number of methoxy groups -OCH3 is 1. The normalized spacial score (nSPS) is 10.5. The average molecular weight is 369 g/mol. The summed E-state index contributed by atoms with van der Waals surface area (Å²) in [5.74, 6) is -0.0584. The van der Waals surface area contributed by atoms with Crippen molar-refractivity contribution in [3.05, 3.63) is 59.1 Å². The first-order valence-electron chi connectivity index (χ1n) is 8.08. The van der Waals surface area contributed by atoms with Gasteiger partial charge in [-0.2, -0.15) is 0 Å². The number of amides is 2. The van der Waals surface area contributed by atoms with Crippen LogP contribution in [0.3, 0.4) is 0 Å². The third kappa shape index (κ3) is 4.00. The Hall–Kier alpha value is -2.93. The van der Waals surface area contributed by atoms with E-state index in [0.29, 0.717) is 17.9 Å². The van der Waals surface area contributed by atoms with Crippen molar-refractivity contribution in [1.29, 1.82) is 0 Å². The summed E-state index contributed by atoms with van der Waals surface area (Å²) < 4.78 is 6.26. The highest BCUT2D eigenvalue weighted by atomic mass is 32.1. The number of nitrogens with zero attached hydrogens (tertiary/aromatic N) is 2. The van der Waals surface area contributed by atoms with Crippen molar-refractivity contribution in [2.75, 3.05) is 20.7 Å². The number of benzene rings is 2. The lowest BCUT2D eigenvalue weighted by molar-refractivity contribution is -0.129. The summed E-state index contributed by atoms with van der Waals surface area (Å²) in [7, 11) is 3.20. The number of rotatable bonds is 6. The maximum absolute atomic E-state index is 12.3. The van der Waals surface area contributed by atoms with E-state index >= 15 is 0 Å². The third-order valence-corrected chi connectivity index (χ3v) is 4.91. The summed E-state index contributed by atoms with van der Waals surface area (Å²) in [6, 6.07) is 14.8. The molecule has 7 heteroatoms. The molecule has 1 heterocycles. The summed E-state index contributed by atoms with van der Waals surface area (Å²) in [6.45, 7) is 0.320. The van der Waals surface area contributed by atoms with Crippen molar-refractivity contribution in [3.8, 4) is 5.75 Å². The van der Waals surface area contributed by atoms with Crippen LogP contribution in [0.5, 0.6) is 5.75 Å². The van der Waals surface area contributed by atoms with Gasteiger partial charge in [0.1, 0.15) is 10.8 Å². The maximum atomic E-state index is 12.3. The van der Waals surface area contributed by atoms with Gasteiger partial charge in [-0.3, -0.25) is 9.59 Å². The summed E-state index contributed by atoms with van der Waals surface area (Å²) in [4.78, 5) is 30.6. The van der Waals surface area contributed by atoms with Gasteiger partial charge in [0.25, 0.3) is 5.91 Å². The van der Waals surface area contributed by atoms with Crippen molar-refractivity contribution in [2.45, 2.75) is 6.54 Å². The Morgan fingerprint density at radius 1 is 1.15 bits per heavy atom. The molecular weight excluding hydrogens is 350 g/mol. The molecule has 2 amide bonds. The Labute approximate surface area is 155 Å². The number of carbonyl (C=O) groups is 2. The molecule has 0 atom stereocenters. The minimum absolute atomic E-state index is 0.0850. The number of thiazole rings is 1. The average Bonchev–Trinajstić information content (AvgIpc) is 3.07. The van der Waals surface area contributed by atoms with E-state index in [9.17, 15) is 9.59 Å². The fourth-order valence-electron chi connectivity index (χ4n) is 2.50. The molecule has 0 unspecified atom stereocenters. The van der Waals surface area contributed by atoms with E-state index in [4.69, 9.17) is 4.74 Å². The zero-order chi connectivity index (χ0) is 18.5. The van der Waals surface area contributed by atoms with Crippen molar-refractivity contribution in [1.82, 2.24) is 15.2 Å². The standard InChI is InChI=1S/C19H19N3O3S/c1-22(12-17-21-14-8-4-6-10-16(14)26-17)18(23)11-20-19(24)13-7-3-5-9-15(13)25-2/h3-10H,11-12H2,1-2H3,(H,20,24). The summed E-state index contributed by atoms with van der Waals surface area (Å²) >= 11 is 1.56. The van der Waals surface area contributed by atoms with Crippen LogP contribution in [0.15, 0.2) is 48.5 Å². The third-order valence-electron chi connectivity index (χ3n) is 3.89. The molecule has 0 aliphatic carbocycles. The van der Waals surface area contributed by atoms with Crippen LogP contribution in [0.1, 0.15) is 15.4 Å². The topological polar surface area (TPSA) is 71.5 Å². The van der Waals surface area contributed by atoms with Gasteiger partial charge in [-0.25, -0.2) is 4.98 Å². The first kappa shape index (κ1) is 17.9. The lowest BCUT2D eigenvalue weighted by Crippen LogP contribution is -2.37. The lowest BCUT2D eigenvalue weighted by atomic mass is 10.2. The van der Waals surface area contributed by atoms with Crippen molar-refractivity contribution < 1.29 is 14.3 Å². The van der Waals surface area contributed by atoms with Crippen LogP contribution in [0.25, 0.3) is 10.2 Å². The monoisotopic (exact) mass is 369 g/mol. The fourth-order valence-corrected chi connectivity index (χ4v) is 3.52. The quantitative estimate of drug-likeness (QED) is 0.725. The van der Waals surface area contributed by atoms with Gasteiger partial charge < -0.3 is 15.0 Å². The molecule has 6 nitrogen and oxygen atoms in total. The number of hydrogen-bond acceptors (Lipinski definition) is 5. The molecule has 0 bridgehead atoms. The number of carbonyl (C=O) groups excluding carboxylic acids is 2. The van der Waals surface area contributed by atoms with Gasteiger partial charge in [-0.15, -0.1) is 11.3 Å². The number of hydrogen-bond donors (Lipinski definition) is 1. The number of fused-ring (bicyclic) bond motifs is 1. The van der Waals surface area contributed by atoms with Crippen LogP contribution in [0.2, 0.25) is 0 Å². The molecule has 2 aromatic carbocycles. The van der Waals surface area contributed by atoms with Crippen LogP contribution in [-0.2, 0) is 11.3 Å². The lowest BCUT2D eigenvalue weighted by Gasteiger charge is -2.16. The van der Waals surface area contributed by atoms with Gasteiger partial charge in [0.15, 0.2) is 0 Å². The Morgan fingerprint density at radius 3 is 2.65 bits per heavy atom. The highest BCUT2D eigenvalue weighted by Crippen LogP contribution is 2.22. The first-order valence-corrected chi connectivity index (χ1v) is 8.89. The largest absolute Gasteiger partial charge is 0.496 e. The highest BCUT2D eigenvalue weighted by Gasteiger charge is 2.16. The van der Waals surface area contributed by atoms with Crippen molar-refractivity contribution in [2.24, 2.45) is 0 Å². The van der Waals surface area contributed by atoms with E-state index in [2.05, 4.69) is 10.3 Å². The molecular formula is C19H19N3O3S. The van der Waals surface area contributed by atoms with Gasteiger partial charge in [-0.05, 0) is 24.3 Å². The Morgan fingerprint density at radius 2 is 1.88 bits per heavy atom. The second-order valence-electron chi connectivity index (χ2n) is 5.71. The van der Waals surface area contributed by atoms with Gasteiger partial charge in [-0.1, -0.05) is 24.3 Å². The van der Waals surface area contributed by atoms with Crippen LogP contribution in [-0.4, -0.2) is 42.4 Å². The molecule has 0 saturated heterocycles. The van der Waals surface area contributed by atoms with Gasteiger partial charge >= 0.3 is 0 Å². The van der Waals surface area contributed by atoms with E-state index in [1.165, 1.54) is 7.11 Å². The smallest absolute Gasteiger partial charge is 0.255 e. The number of likely N-dealkylation sites (N-methyl/N-ethyl adjacent to an activating group) is 1. The second kappa shape index (κ2) is 7.97. The Balaban J connectivity index is 1.58. The number of nitrogens with one attached hydrogen (secondary N) is 1. The van der Waals surface area contributed by atoms with E-state index in [1.807, 2.05) is 24.3 Å². The van der Waals surface area contributed by atoms with Gasteiger partial charge in [0.05, 0.1) is 36.0 Å². The van der Waals surface area contributed by atoms with Crippen LogP contribution >= 0.6 is 11.3 Å². The first-order chi connectivity index (χ1) is 12.6. The van der Waals surface area contributed by atoms with E-state index in [-0.39, 0.29) is 18.4 Å². The molecule has 3 aromatic rings. The maximum Gasteiger partial charge on any atom is 0.255 e. The van der Waals surface area contributed by atoms with Gasteiger partial charge in [0.2, 0.25) is 5.91 Å². The Kier molecular flexibility index (Phi) is 5.48. The summed E-state index contributed by atoms with van der Waals surface area (Å²) in [6.07, 6.45) is 0. The Bertz CT molecular complexity index is 905. The predicted octanol–water partition coefficient (Wildman–Crippen LogP) is 2.69. The van der Waals surface area contributed by atoms with Crippen molar-refractivity contribution in [3.63, 3.8) is 0 Å². The number of aromatic nitrogens is 1. The molecule has 134 valence electrons. The molecule has 26 heavy (non-hydrogen) atoms. The zero-order valence-electron chi connectivity index (χ0n) is 14.6.